The molecule has 7 heteroatoms. The van der Waals surface area contributed by atoms with Crippen LogP contribution in [-0.4, -0.2) is 13.1 Å². The van der Waals surface area contributed by atoms with Crippen molar-refractivity contribution < 1.29 is 13.9 Å². The molecule has 4 nitrogen and oxygen atoms in total. The van der Waals surface area contributed by atoms with Gasteiger partial charge in [0.2, 0.25) is 0 Å². The molecule has 0 unspecified atom stereocenters. The number of hydrogen-bond donors (Lipinski definition) is 2. The Morgan fingerprint density at radius 3 is 2.71 bits per heavy atom. The quantitative estimate of drug-likeness (QED) is 0.620. The summed E-state index contributed by atoms with van der Waals surface area (Å²) in [4.78, 5) is 11.8. The maximum atomic E-state index is 13.5. The molecule has 0 aliphatic heterocycles. The van der Waals surface area contributed by atoms with E-state index in [4.69, 9.17) is 22.1 Å². The van der Waals surface area contributed by atoms with E-state index in [-0.39, 0.29) is 10.6 Å². The van der Waals surface area contributed by atoms with Crippen molar-refractivity contribution in [2.45, 2.75) is 0 Å². The number of anilines is 3. The minimum atomic E-state index is -0.593. The summed E-state index contributed by atoms with van der Waals surface area (Å²) in [5.74, 6) is -1.03. The molecule has 0 aromatic heterocycles. The summed E-state index contributed by atoms with van der Waals surface area (Å²) < 4.78 is 18.6. The summed E-state index contributed by atoms with van der Waals surface area (Å²) in [5.41, 5.74) is 6.91. The largest absolute Gasteiger partial charge is 0.465 e. The fourth-order valence-electron chi connectivity index (χ4n) is 1.74. The van der Waals surface area contributed by atoms with Gasteiger partial charge in [-0.05, 0) is 46.3 Å². The maximum Gasteiger partial charge on any atom is 0.340 e. The summed E-state index contributed by atoms with van der Waals surface area (Å²) in [6, 6.07) is 7.39. The molecule has 0 bridgehead atoms. The van der Waals surface area contributed by atoms with Gasteiger partial charge < -0.3 is 15.8 Å². The first kappa shape index (κ1) is 15.6. The molecule has 0 spiro atoms. The first-order valence-corrected chi connectivity index (χ1v) is 6.99. The topological polar surface area (TPSA) is 64.3 Å². The maximum absolute atomic E-state index is 13.5. The third kappa shape index (κ3) is 3.46. The van der Waals surface area contributed by atoms with Gasteiger partial charge in [-0.25, -0.2) is 9.18 Å². The highest BCUT2D eigenvalue weighted by Crippen LogP contribution is 2.33. The average Bonchev–Trinajstić information content (AvgIpc) is 2.44. The van der Waals surface area contributed by atoms with E-state index in [9.17, 15) is 9.18 Å². The number of carbonyl (C=O) groups excluding carboxylic acids is 1. The van der Waals surface area contributed by atoms with Gasteiger partial charge in [-0.2, -0.15) is 0 Å². The third-order valence-electron chi connectivity index (χ3n) is 2.71. The number of nitrogens with one attached hydrogen (secondary N) is 1. The minimum Gasteiger partial charge on any atom is -0.465 e. The van der Waals surface area contributed by atoms with Crippen LogP contribution < -0.4 is 11.1 Å². The van der Waals surface area contributed by atoms with E-state index in [1.54, 1.807) is 12.1 Å². The van der Waals surface area contributed by atoms with Gasteiger partial charge in [0, 0.05) is 11.4 Å². The summed E-state index contributed by atoms with van der Waals surface area (Å²) >= 11 is 9.17. The van der Waals surface area contributed by atoms with Crippen molar-refractivity contribution in [3.63, 3.8) is 0 Å². The van der Waals surface area contributed by atoms with Crippen LogP contribution in [0.25, 0.3) is 0 Å². The highest BCUT2D eigenvalue weighted by Gasteiger charge is 2.17. The first-order valence-electron chi connectivity index (χ1n) is 5.81. The normalized spacial score (nSPS) is 10.3. The van der Waals surface area contributed by atoms with E-state index in [0.29, 0.717) is 21.5 Å². The lowest BCUT2D eigenvalue weighted by Crippen LogP contribution is -2.07. The van der Waals surface area contributed by atoms with Crippen molar-refractivity contribution in [1.29, 1.82) is 0 Å². The van der Waals surface area contributed by atoms with Crippen LogP contribution in [0.1, 0.15) is 10.4 Å². The number of halogens is 3. The Morgan fingerprint density at radius 1 is 1.38 bits per heavy atom. The Balaban J connectivity index is 2.47. The molecule has 0 saturated carbocycles. The SMILES string of the molecule is COC(=O)c1cc(N)cc(Cl)c1Nc1ccc(Br)c(F)c1. The van der Waals surface area contributed by atoms with Gasteiger partial charge in [-0.15, -0.1) is 0 Å². The lowest BCUT2D eigenvalue weighted by atomic mass is 10.1. The zero-order valence-electron chi connectivity index (χ0n) is 10.9. The number of nitrogens with two attached hydrogens (primary N) is 1. The number of methoxy groups -OCH3 is 1. The molecule has 0 amide bonds. The number of nitrogen functional groups attached to an aromatic ring is 1. The van der Waals surface area contributed by atoms with E-state index < -0.39 is 11.8 Å². The molecule has 2 aromatic rings. The predicted octanol–water partition coefficient (Wildman–Crippen LogP) is 4.35. The van der Waals surface area contributed by atoms with Crippen molar-refractivity contribution in [2.75, 3.05) is 18.2 Å². The Kier molecular flexibility index (Phi) is 4.69. The molecular weight excluding hydrogens is 363 g/mol. The van der Waals surface area contributed by atoms with Crippen LogP contribution in [0.5, 0.6) is 0 Å². The molecule has 0 aliphatic carbocycles. The fraction of sp³-hybridized carbons (Fsp3) is 0.0714. The van der Waals surface area contributed by atoms with E-state index in [0.717, 1.165) is 0 Å². The second kappa shape index (κ2) is 6.32. The van der Waals surface area contributed by atoms with Crippen LogP contribution in [-0.2, 0) is 4.74 Å². The molecule has 0 aliphatic rings. The summed E-state index contributed by atoms with van der Waals surface area (Å²) in [6.07, 6.45) is 0. The zero-order valence-corrected chi connectivity index (χ0v) is 13.3. The van der Waals surface area contributed by atoms with Crippen LogP contribution >= 0.6 is 27.5 Å². The van der Waals surface area contributed by atoms with E-state index in [1.165, 1.54) is 25.3 Å². The number of esters is 1. The Morgan fingerprint density at radius 2 is 2.10 bits per heavy atom. The van der Waals surface area contributed by atoms with Crippen molar-refractivity contribution in [1.82, 2.24) is 0 Å². The van der Waals surface area contributed by atoms with Crippen LogP contribution in [0, 0.1) is 5.82 Å². The van der Waals surface area contributed by atoms with E-state index >= 15 is 0 Å². The fourth-order valence-corrected chi connectivity index (χ4v) is 2.27. The molecule has 0 heterocycles. The van der Waals surface area contributed by atoms with Crippen molar-refractivity contribution in [3.8, 4) is 0 Å². The standard InChI is InChI=1S/C14H11BrClFN2O2/c1-21-14(20)9-4-7(18)5-11(16)13(9)19-8-2-3-10(15)12(17)6-8/h2-6,19H,18H2,1H3. The first-order chi connectivity index (χ1) is 9.92. The van der Waals surface area contributed by atoms with Crippen LogP contribution in [0.15, 0.2) is 34.8 Å². The Labute approximate surface area is 134 Å². The van der Waals surface area contributed by atoms with Gasteiger partial charge in [0.05, 0.1) is 27.9 Å². The molecule has 0 atom stereocenters. The highest BCUT2D eigenvalue weighted by atomic mass is 79.9. The Bertz CT molecular complexity index is 710. The number of carbonyl (C=O) groups is 1. The minimum absolute atomic E-state index is 0.172. The summed E-state index contributed by atoms with van der Waals surface area (Å²) in [6.45, 7) is 0. The molecule has 0 saturated heterocycles. The van der Waals surface area contributed by atoms with Gasteiger partial charge in [-0.3, -0.25) is 0 Å². The summed E-state index contributed by atoms with van der Waals surface area (Å²) in [7, 11) is 1.25. The molecule has 3 N–H and O–H groups in total. The summed E-state index contributed by atoms with van der Waals surface area (Å²) in [5, 5.41) is 3.14. The van der Waals surface area contributed by atoms with Crippen molar-refractivity contribution >= 4 is 50.6 Å². The van der Waals surface area contributed by atoms with E-state index in [2.05, 4.69) is 21.2 Å². The van der Waals surface area contributed by atoms with Gasteiger partial charge in [0.25, 0.3) is 0 Å². The lowest BCUT2D eigenvalue weighted by Gasteiger charge is -2.14. The van der Waals surface area contributed by atoms with Crippen LogP contribution in [0.2, 0.25) is 5.02 Å². The van der Waals surface area contributed by atoms with Gasteiger partial charge >= 0.3 is 5.97 Å². The number of benzene rings is 2. The monoisotopic (exact) mass is 372 g/mol. The molecule has 21 heavy (non-hydrogen) atoms. The molecule has 110 valence electrons. The predicted molar refractivity (Wildman–Crippen MR) is 84.6 cm³/mol. The second-order valence-electron chi connectivity index (χ2n) is 4.17. The average molecular weight is 374 g/mol. The van der Waals surface area contributed by atoms with Gasteiger partial charge in [0.15, 0.2) is 0 Å². The van der Waals surface area contributed by atoms with Crippen molar-refractivity contribution in [3.05, 3.63) is 51.2 Å². The second-order valence-corrected chi connectivity index (χ2v) is 5.43. The van der Waals surface area contributed by atoms with Crippen LogP contribution in [0.3, 0.4) is 0 Å². The van der Waals surface area contributed by atoms with Crippen molar-refractivity contribution in [2.24, 2.45) is 0 Å². The van der Waals surface area contributed by atoms with Gasteiger partial charge in [-0.1, -0.05) is 11.6 Å². The molecule has 2 aromatic carbocycles. The van der Waals surface area contributed by atoms with Gasteiger partial charge in [0.1, 0.15) is 5.82 Å². The third-order valence-corrected chi connectivity index (χ3v) is 3.65. The molecule has 2 rings (SSSR count). The van der Waals surface area contributed by atoms with E-state index in [1.807, 2.05) is 0 Å². The molecular formula is C14H11BrClFN2O2. The highest BCUT2D eigenvalue weighted by molar-refractivity contribution is 9.10. The Hall–Kier alpha value is -1.79. The molecule has 0 fully saturated rings. The number of ether oxygens (including phenoxy) is 1. The van der Waals surface area contributed by atoms with Crippen LogP contribution in [0.4, 0.5) is 21.5 Å². The lowest BCUT2D eigenvalue weighted by molar-refractivity contribution is 0.0602. The number of rotatable bonds is 3. The molecule has 0 radical (unpaired) electrons. The smallest absolute Gasteiger partial charge is 0.340 e. The number of hydrogen-bond acceptors (Lipinski definition) is 4. The zero-order chi connectivity index (χ0) is 15.6.